The first-order valence-corrected chi connectivity index (χ1v) is 31.1. The molecule has 0 saturated heterocycles. The molecule has 1 atom stereocenters. The van der Waals surface area contributed by atoms with Crippen molar-refractivity contribution in [2.45, 2.75) is 123 Å². The zero-order valence-electron chi connectivity index (χ0n) is 33.1. The molecular formula is C30H74N2O10Si6. The molecule has 48 heavy (non-hydrogen) atoms. The highest BCUT2D eigenvalue weighted by atomic mass is 28.5. The van der Waals surface area contributed by atoms with Gasteiger partial charge in [-0.1, -0.05) is 13.0 Å². The Hall–Kier alpha value is 0.821. The molecular weight excluding hydrogens is 717 g/mol. The number of hydrogen-bond acceptors (Lipinski definition) is 12. The molecule has 0 aromatic carbocycles. The topological polar surface area (TPSA) is 116 Å². The van der Waals surface area contributed by atoms with Crippen LogP contribution in [0.1, 0.15) is 61.3 Å². The predicted molar refractivity (Wildman–Crippen MR) is 208 cm³/mol. The first-order chi connectivity index (χ1) is 22.7. The number of hydrogen-bond donors (Lipinski definition) is 2. The van der Waals surface area contributed by atoms with Gasteiger partial charge in [0.05, 0.1) is 9.52 Å². The van der Waals surface area contributed by atoms with Crippen LogP contribution < -0.4 is 10.6 Å². The van der Waals surface area contributed by atoms with Crippen LogP contribution in [0.2, 0.25) is 55.5 Å². The molecule has 0 saturated carbocycles. The second kappa shape index (κ2) is 25.7. The first kappa shape index (κ1) is 48.8. The maximum atomic E-state index is 7.05. The lowest BCUT2D eigenvalue weighted by Gasteiger charge is -2.42. The van der Waals surface area contributed by atoms with Crippen LogP contribution in [0.25, 0.3) is 0 Å². The van der Waals surface area contributed by atoms with Crippen molar-refractivity contribution in [2.24, 2.45) is 0 Å². The van der Waals surface area contributed by atoms with Gasteiger partial charge in [0.25, 0.3) is 0 Å². The van der Waals surface area contributed by atoms with E-state index in [1.54, 1.807) is 21.3 Å². The Kier molecular flexibility index (Phi) is 26.2. The summed E-state index contributed by atoms with van der Waals surface area (Å²) in [5.74, 6) is 0.180. The van der Waals surface area contributed by atoms with Crippen molar-refractivity contribution in [3.8, 4) is 0 Å². The van der Waals surface area contributed by atoms with Crippen molar-refractivity contribution in [3.63, 3.8) is 0 Å². The Morgan fingerprint density at radius 1 is 0.562 bits per heavy atom. The molecule has 2 radical (unpaired) electrons. The normalized spacial score (nSPS) is 14.3. The number of rotatable bonds is 33. The number of nitrogens with one attached hydrogen (secondary N) is 2. The van der Waals surface area contributed by atoms with E-state index < -0.39 is 43.0 Å². The van der Waals surface area contributed by atoms with Gasteiger partial charge in [-0.3, -0.25) is 0 Å². The predicted octanol–water partition coefficient (Wildman–Crippen LogP) is 5.68. The van der Waals surface area contributed by atoms with Crippen LogP contribution in [0.15, 0.2) is 0 Å². The third kappa shape index (κ3) is 17.6. The monoisotopic (exact) mass is 790 g/mol. The van der Waals surface area contributed by atoms with Crippen molar-refractivity contribution < 1.29 is 43.9 Å². The maximum Gasteiger partial charge on any atom is 0.502 e. The van der Waals surface area contributed by atoms with Crippen molar-refractivity contribution >= 4 is 52.6 Å². The van der Waals surface area contributed by atoms with Crippen LogP contribution in [0, 0.1) is 0 Å². The lowest BCUT2D eigenvalue weighted by atomic mass is 10.4. The van der Waals surface area contributed by atoms with Crippen LogP contribution in [0.5, 0.6) is 0 Å². The molecule has 2 N–H and O–H groups in total. The minimum Gasteiger partial charge on any atom is -0.455 e. The molecule has 0 aliphatic carbocycles. The molecule has 0 fully saturated rings. The summed E-state index contributed by atoms with van der Waals surface area (Å²) in [4.78, 5) is 0. The molecule has 1 unspecified atom stereocenters. The summed E-state index contributed by atoms with van der Waals surface area (Å²) in [6, 6.07) is 3.73. The van der Waals surface area contributed by atoms with Crippen LogP contribution in [0.4, 0.5) is 0 Å². The fraction of sp³-hybridized carbons (Fsp3) is 1.00. The highest BCUT2D eigenvalue weighted by molar-refractivity contribution is 6.93. The van der Waals surface area contributed by atoms with Crippen LogP contribution in [-0.4, -0.2) is 132 Å². The molecule has 288 valence electrons. The SMILES string of the molecule is CCO[Si](CCCNC(NCCC[Si](OCC)(OCC)OCC)[Si]CC[Si](C)(C)O[Si](C)(C)C(C)[Si](OC)(OC)OC)(OCC)OCC. The summed E-state index contributed by atoms with van der Waals surface area (Å²) in [6.45, 7) is 28.6. The van der Waals surface area contributed by atoms with Gasteiger partial charge >= 0.3 is 26.4 Å². The van der Waals surface area contributed by atoms with Crippen molar-refractivity contribution in [1.29, 1.82) is 0 Å². The first-order valence-electron chi connectivity index (χ1n) is 18.1. The molecule has 0 aliphatic rings. The van der Waals surface area contributed by atoms with E-state index in [4.69, 9.17) is 43.9 Å². The van der Waals surface area contributed by atoms with Gasteiger partial charge in [0, 0.05) is 84.0 Å². The standard InChI is InChI=1S/C30H74N2O10Si6/c1-15-36-46(37-16-2,38-17-3)26-21-23-31-30(32-24-22-27-47(39-18-4,40-19-5)41-20-6)43-25-28-44(11,12)42-45(13,14)29(7)48(33-8,34-9)35-10/h29-32H,15-28H2,1-14H3. The molecule has 0 bridgehead atoms. The Bertz CT molecular complexity index is 729. The highest BCUT2D eigenvalue weighted by Gasteiger charge is 2.54. The quantitative estimate of drug-likeness (QED) is 0.0484. The van der Waals surface area contributed by atoms with E-state index in [0.29, 0.717) is 49.2 Å². The van der Waals surface area contributed by atoms with E-state index in [0.717, 1.165) is 50.1 Å². The lowest BCUT2D eigenvalue weighted by molar-refractivity contribution is 0.0701. The summed E-state index contributed by atoms with van der Waals surface area (Å²) in [7, 11) is -6.60. The second-order valence-corrected chi connectivity index (χ2v) is 32.4. The molecule has 0 aromatic heterocycles. The van der Waals surface area contributed by atoms with Gasteiger partial charge in [-0.25, -0.2) is 0 Å². The highest BCUT2D eigenvalue weighted by Crippen LogP contribution is 2.36. The average molecular weight is 791 g/mol. The van der Waals surface area contributed by atoms with Crippen LogP contribution >= 0.6 is 0 Å². The largest absolute Gasteiger partial charge is 0.502 e. The van der Waals surface area contributed by atoms with Gasteiger partial charge in [0.2, 0.25) is 0 Å². The molecule has 0 heterocycles. The van der Waals surface area contributed by atoms with E-state index in [2.05, 4.69) is 43.7 Å². The smallest absolute Gasteiger partial charge is 0.455 e. The Balaban J connectivity index is 5.54. The molecule has 0 aromatic rings. The molecule has 0 amide bonds. The minimum atomic E-state index is -2.81. The molecule has 18 heteroatoms. The van der Waals surface area contributed by atoms with E-state index in [1.165, 1.54) is 0 Å². The summed E-state index contributed by atoms with van der Waals surface area (Å²) in [6.07, 6.45) is 1.82. The van der Waals surface area contributed by atoms with E-state index >= 15 is 0 Å². The van der Waals surface area contributed by atoms with Gasteiger partial charge in [-0.2, -0.15) is 0 Å². The fourth-order valence-corrected chi connectivity index (χ4v) is 28.3. The lowest BCUT2D eigenvalue weighted by Crippen LogP contribution is -2.59. The van der Waals surface area contributed by atoms with Crippen molar-refractivity contribution in [3.05, 3.63) is 0 Å². The summed E-state index contributed by atoms with van der Waals surface area (Å²) >= 11 is 0. The Morgan fingerprint density at radius 2 is 0.917 bits per heavy atom. The van der Waals surface area contributed by atoms with Crippen molar-refractivity contribution in [1.82, 2.24) is 10.6 Å². The third-order valence-corrected chi connectivity index (χ3v) is 30.2. The van der Waals surface area contributed by atoms with Crippen LogP contribution in [0.3, 0.4) is 0 Å². The Labute approximate surface area is 302 Å². The van der Waals surface area contributed by atoms with Gasteiger partial charge in [-0.15, -0.1) is 0 Å². The van der Waals surface area contributed by atoms with E-state index in [-0.39, 0.29) is 11.0 Å². The van der Waals surface area contributed by atoms with E-state index in [1.807, 2.05) is 41.5 Å². The molecule has 0 rings (SSSR count). The maximum absolute atomic E-state index is 7.05. The second-order valence-electron chi connectivity index (χ2n) is 12.6. The molecule has 0 spiro atoms. The van der Waals surface area contributed by atoms with Gasteiger partial charge in [-0.05, 0) is 99.7 Å². The van der Waals surface area contributed by atoms with Crippen molar-refractivity contribution in [2.75, 3.05) is 74.1 Å². The summed E-state index contributed by atoms with van der Waals surface area (Å²) in [5.41, 5.74) is 0. The summed E-state index contributed by atoms with van der Waals surface area (Å²) < 4.78 is 61.1. The fourth-order valence-electron chi connectivity index (χ4n) is 5.90. The van der Waals surface area contributed by atoms with Crippen LogP contribution in [-0.2, 0) is 43.9 Å². The molecule has 12 nitrogen and oxygen atoms in total. The zero-order valence-corrected chi connectivity index (χ0v) is 39.1. The Morgan fingerprint density at radius 3 is 1.23 bits per heavy atom. The minimum absolute atomic E-state index is 0.108. The van der Waals surface area contributed by atoms with Gasteiger partial charge < -0.3 is 54.6 Å². The average Bonchev–Trinajstić information content (AvgIpc) is 3.02. The summed E-state index contributed by atoms with van der Waals surface area (Å²) in [5, 5.41) is 7.71. The molecule has 0 aliphatic heterocycles. The van der Waals surface area contributed by atoms with Gasteiger partial charge in [0.1, 0.15) is 0 Å². The van der Waals surface area contributed by atoms with E-state index in [9.17, 15) is 0 Å². The zero-order chi connectivity index (χ0) is 36.7. The third-order valence-electron chi connectivity index (χ3n) is 8.24. The van der Waals surface area contributed by atoms with Gasteiger partial charge in [0.15, 0.2) is 16.6 Å².